The predicted octanol–water partition coefficient (Wildman–Crippen LogP) is 6.95. The lowest BCUT2D eigenvalue weighted by Gasteiger charge is -2.06. The predicted molar refractivity (Wildman–Crippen MR) is 120 cm³/mol. The Morgan fingerprint density at radius 2 is 1.77 bits per heavy atom. The normalized spacial score (nSPS) is 11.3. The zero-order valence-corrected chi connectivity index (χ0v) is 17.0. The van der Waals surface area contributed by atoms with Crippen molar-refractivity contribution in [2.45, 2.75) is 0 Å². The topological polar surface area (TPSA) is 66.0 Å². The molecule has 4 rings (SSSR count). The average Bonchev–Trinajstić information content (AvgIpc) is 3.22. The van der Waals surface area contributed by atoms with Crippen molar-refractivity contribution in [3.63, 3.8) is 0 Å². The van der Waals surface area contributed by atoms with Gasteiger partial charge in [-0.25, -0.2) is 0 Å². The molecular weight excluding hydrogens is 419 g/mol. The van der Waals surface area contributed by atoms with Crippen LogP contribution in [-0.2, 0) is 4.79 Å². The maximum atomic E-state index is 12.6. The molecule has 3 aromatic carbocycles. The quantitative estimate of drug-likeness (QED) is 0.280. The summed E-state index contributed by atoms with van der Waals surface area (Å²) in [6.07, 6.45) is 1.39. The number of fused-ring (bicyclic) bond motifs is 1. The molecule has 146 valence electrons. The van der Waals surface area contributed by atoms with Crippen molar-refractivity contribution in [2.75, 3.05) is 5.32 Å². The van der Waals surface area contributed by atoms with Gasteiger partial charge < -0.3 is 9.73 Å². The van der Waals surface area contributed by atoms with Gasteiger partial charge in [-0.1, -0.05) is 59.6 Å². The van der Waals surface area contributed by atoms with E-state index < -0.39 is 5.91 Å². The van der Waals surface area contributed by atoms with Crippen molar-refractivity contribution < 1.29 is 9.21 Å². The number of nitrogens with one attached hydrogen (secondary N) is 1. The van der Waals surface area contributed by atoms with Crippen molar-refractivity contribution in [3.8, 4) is 17.4 Å². The number of anilines is 1. The first-order valence-corrected chi connectivity index (χ1v) is 9.77. The Kier molecular flexibility index (Phi) is 5.58. The fourth-order valence-corrected chi connectivity index (χ4v) is 3.42. The van der Waals surface area contributed by atoms with Crippen LogP contribution in [0.5, 0.6) is 0 Å². The first kappa shape index (κ1) is 19.8. The third-order valence-electron chi connectivity index (χ3n) is 4.50. The van der Waals surface area contributed by atoms with E-state index in [0.717, 1.165) is 10.8 Å². The summed E-state index contributed by atoms with van der Waals surface area (Å²) in [5, 5.41) is 15.0. The number of hydrogen-bond acceptors (Lipinski definition) is 3. The molecule has 1 aromatic heterocycles. The van der Waals surface area contributed by atoms with E-state index >= 15 is 0 Å². The Balaban J connectivity index is 1.57. The third kappa shape index (κ3) is 4.08. The Hall–Kier alpha value is -3.52. The molecule has 4 nitrogen and oxygen atoms in total. The van der Waals surface area contributed by atoms with E-state index in [1.54, 1.807) is 36.4 Å². The smallest absolute Gasteiger partial charge is 0.266 e. The van der Waals surface area contributed by atoms with Gasteiger partial charge in [0.25, 0.3) is 5.91 Å². The summed E-state index contributed by atoms with van der Waals surface area (Å²) in [5.74, 6) is 0.318. The summed E-state index contributed by atoms with van der Waals surface area (Å²) < 4.78 is 5.75. The highest BCUT2D eigenvalue weighted by molar-refractivity contribution is 6.43. The van der Waals surface area contributed by atoms with Gasteiger partial charge >= 0.3 is 0 Å². The number of nitrogens with zero attached hydrogens (tertiary/aromatic N) is 1. The molecule has 0 aliphatic rings. The molecule has 1 heterocycles. The second-order valence-electron chi connectivity index (χ2n) is 6.49. The van der Waals surface area contributed by atoms with Crippen LogP contribution in [0.15, 0.2) is 82.8 Å². The summed E-state index contributed by atoms with van der Waals surface area (Å²) in [6, 6.07) is 23.9. The van der Waals surface area contributed by atoms with Crippen molar-refractivity contribution in [1.82, 2.24) is 0 Å². The van der Waals surface area contributed by atoms with E-state index in [2.05, 4.69) is 5.32 Å². The van der Waals surface area contributed by atoms with Crippen LogP contribution in [0.4, 0.5) is 5.69 Å². The molecule has 0 saturated carbocycles. The number of benzene rings is 3. The van der Waals surface area contributed by atoms with Gasteiger partial charge in [0.1, 0.15) is 23.2 Å². The number of furan rings is 1. The van der Waals surface area contributed by atoms with Gasteiger partial charge in [-0.15, -0.1) is 0 Å². The molecule has 0 fully saturated rings. The molecular formula is C24H14Cl2N2O2. The minimum atomic E-state index is -0.522. The molecule has 0 unspecified atom stereocenters. The second-order valence-corrected chi connectivity index (χ2v) is 7.27. The van der Waals surface area contributed by atoms with E-state index in [1.165, 1.54) is 6.08 Å². The molecule has 1 amide bonds. The summed E-state index contributed by atoms with van der Waals surface area (Å²) in [6.45, 7) is 0. The van der Waals surface area contributed by atoms with Gasteiger partial charge in [0.05, 0.1) is 10.0 Å². The van der Waals surface area contributed by atoms with Crippen LogP contribution >= 0.6 is 23.2 Å². The largest absolute Gasteiger partial charge is 0.457 e. The van der Waals surface area contributed by atoms with Crippen LogP contribution in [0.2, 0.25) is 10.0 Å². The maximum absolute atomic E-state index is 12.6. The summed E-state index contributed by atoms with van der Waals surface area (Å²) in [5.41, 5.74) is 1.15. The van der Waals surface area contributed by atoms with E-state index in [4.69, 9.17) is 27.6 Å². The standard InChI is InChI=1S/C24H14Cl2N2O2/c25-21-7-3-6-20(23(21)26)22-11-10-19(30-22)13-17(14-27)24(29)28-18-9-8-15-4-1-2-5-16(15)12-18/h1-13H,(H,28,29)/b17-13+. The van der Waals surface area contributed by atoms with E-state index in [1.807, 2.05) is 42.5 Å². The maximum Gasteiger partial charge on any atom is 0.266 e. The van der Waals surface area contributed by atoms with Crippen LogP contribution in [0.1, 0.15) is 5.76 Å². The van der Waals surface area contributed by atoms with Gasteiger partial charge in [0.2, 0.25) is 0 Å². The molecule has 1 N–H and O–H groups in total. The van der Waals surface area contributed by atoms with Crippen molar-refractivity contribution in [1.29, 1.82) is 5.26 Å². The van der Waals surface area contributed by atoms with Crippen LogP contribution < -0.4 is 5.32 Å². The van der Waals surface area contributed by atoms with Gasteiger partial charge in [0.15, 0.2) is 0 Å². The molecule has 0 saturated heterocycles. The van der Waals surface area contributed by atoms with Crippen LogP contribution in [-0.4, -0.2) is 5.91 Å². The van der Waals surface area contributed by atoms with Crippen LogP contribution in [0, 0.1) is 11.3 Å². The first-order valence-electron chi connectivity index (χ1n) is 9.01. The zero-order valence-electron chi connectivity index (χ0n) is 15.5. The van der Waals surface area contributed by atoms with Crippen LogP contribution in [0.25, 0.3) is 28.2 Å². The number of carbonyl (C=O) groups excluding carboxylic acids is 1. The minimum Gasteiger partial charge on any atom is -0.457 e. The fourth-order valence-electron chi connectivity index (χ4n) is 3.03. The summed E-state index contributed by atoms with van der Waals surface area (Å²) in [7, 11) is 0. The number of halogens is 2. The highest BCUT2D eigenvalue weighted by Crippen LogP contribution is 2.34. The van der Waals surface area contributed by atoms with Gasteiger partial charge in [-0.3, -0.25) is 4.79 Å². The molecule has 0 bridgehead atoms. The lowest BCUT2D eigenvalue weighted by molar-refractivity contribution is -0.112. The van der Waals surface area contributed by atoms with Gasteiger partial charge in [-0.2, -0.15) is 5.26 Å². The van der Waals surface area contributed by atoms with E-state index in [0.29, 0.717) is 32.8 Å². The number of carbonyl (C=O) groups is 1. The Bertz CT molecular complexity index is 1330. The summed E-state index contributed by atoms with van der Waals surface area (Å²) in [4.78, 5) is 12.6. The molecule has 30 heavy (non-hydrogen) atoms. The molecule has 6 heteroatoms. The highest BCUT2D eigenvalue weighted by atomic mass is 35.5. The fraction of sp³-hybridized carbons (Fsp3) is 0. The van der Waals surface area contributed by atoms with Crippen molar-refractivity contribution in [2.24, 2.45) is 0 Å². The Morgan fingerprint density at radius 1 is 0.967 bits per heavy atom. The number of nitriles is 1. The molecule has 0 radical (unpaired) electrons. The lowest BCUT2D eigenvalue weighted by atomic mass is 10.1. The van der Waals surface area contributed by atoms with Gasteiger partial charge in [-0.05, 0) is 47.2 Å². The summed E-state index contributed by atoms with van der Waals surface area (Å²) >= 11 is 12.3. The average molecular weight is 433 g/mol. The zero-order chi connectivity index (χ0) is 21.1. The highest BCUT2D eigenvalue weighted by Gasteiger charge is 2.13. The number of rotatable bonds is 4. The molecule has 0 aliphatic heterocycles. The number of amides is 1. The monoisotopic (exact) mass is 432 g/mol. The Morgan fingerprint density at radius 3 is 2.57 bits per heavy atom. The van der Waals surface area contributed by atoms with Gasteiger partial charge in [0, 0.05) is 17.3 Å². The van der Waals surface area contributed by atoms with E-state index in [9.17, 15) is 10.1 Å². The molecule has 0 aliphatic carbocycles. The first-order chi connectivity index (χ1) is 14.5. The Labute approximate surface area is 183 Å². The number of hydrogen-bond donors (Lipinski definition) is 1. The minimum absolute atomic E-state index is 0.0822. The second kappa shape index (κ2) is 8.46. The van der Waals surface area contributed by atoms with E-state index in [-0.39, 0.29) is 5.57 Å². The molecule has 4 aromatic rings. The third-order valence-corrected chi connectivity index (χ3v) is 5.32. The SMILES string of the molecule is N#C/C(=C\c1ccc(-c2cccc(Cl)c2Cl)o1)C(=O)Nc1ccc2ccccc2c1. The van der Waals surface area contributed by atoms with Crippen LogP contribution in [0.3, 0.4) is 0 Å². The lowest BCUT2D eigenvalue weighted by Crippen LogP contribution is -2.13. The van der Waals surface area contributed by atoms with Crippen molar-refractivity contribution >= 4 is 51.6 Å². The molecule has 0 atom stereocenters. The molecule has 0 spiro atoms. The van der Waals surface area contributed by atoms with Crippen molar-refractivity contribution in [3.05, 3.63) is 94.2 Å².